The fourth-order valence-electron chi connectivity index (χ4n) is 1.32. The summed E-state index contributed by atoms with van der Waals surface area (Å²) in [6, 6.07) is 9.15. The predicted molar refractivity (Wildman–Crippen MR) is 55.0 cm³/mol. The van der Waals surface area contributed by atoms with E-state index < -0.39 is 0 Å². The molecule has 3 heteroatoms. The van der Waals surface area contributed by atoms with Crippen molar-refractivity contribution in [3.63, 3.8) is 0 Å². The van der Waals surface area contributed by atoms with E-state index in [2.05, 4.69) is 0 Å². The maximum Gasteiger partial charge on any atom is 0.144 e. The van der Waals surface area contributed by atoms with Gasteiger partial charge in [0.15, 0.2) is 0 Å². The van der Waals surface area contributed by atoms with Crippen molar-refractivity contribution >= 4 is 28.1 Å². The second-order valence-corrected chi connectivity index (χ2v) is 3.23. The maximum atomic E-state index is 9.63. The third-order valence-corrected chi connectivity index (χ3v) is 2.39. The number of hydrogen-bond donors (Lipinski definition) is 2. The summed E-state index contributed by atoms with van der Waals surface area (Å²) in [5, 5.41) is 11.5. The fraction of sp³-hybridized carbons (Fsp3) is 0. The van der Waals surface area contributed by atoms with Crippen molar-refractivity contribution in [2.45, 2.75) is 0 Å². The number of nitrogens with two attached hydrogens (primary N) is 1. The van der Waals surface area contributed by atoms with Crippen LogP contribution in [-0.4, -0.2) is 5.11 Å². The zero-order valence-corrected chi connectivity index (χ0v) is 7.55. The minimum Gasteiger partial charge on any atom is -0.506 e. The minimum atomic E-state index is 0.0530. The van der Waals surface area contributed by atoms with Crippen LogP contribution in [0.5, 0.6) is 5.75 Å². The number of anilines is 1. The summed E-state index contributed by atoms with van der Waals surface area (Å²) in [4.78, 5) is 0. The number of hydrogen-bond acceptors (Lipinski definition) is 2. The Morgan fingerprint density at radius 2 is 1.92 bits per heavy atom. The van der Waals surface area contributed by atoms with Gasteiger partial charge in [0.2, 0.25) is 0 Å². The van der Waals surface area contributed by atoms with Gasteiger partial charge in [-0.05, 0) is 11.5 Å². The lowest BCUT2D eigenvalue weighted by atomic mass is 10.1. The molecule has 2 aromatic carbocycles. The molecule has 0 aliphatic carbocycles. The van der Waals surface area contributed by atoms with Crippen LogP contribution in [0.4, 0.5) is 5.69 Å². The van der Waals surface area contributed by atoms with Gasteiger partial charge < -0.3 is 10.8 Å². The van der Waals surface area contributed by atoms with E-state index in [-0.39, 0.29) is 10.8 Å². The Balaban J connectivity index is 2.94. The summed E-state index contributed by atoms with van der Waals surface area (Å²) in [7, 11) is 0. The second-order valence-electron chi connectivity index (χ2n) is 2.85. The number of phenols is 1. The minimum absolute atomic E-state index is 0.0530. The molecule has 2 rings (SSSR count). The van der Waals surface area contributed by atoms with E-state index in [1.165, 1.54) is 0 Å². The zero-order chi connectivity index (χ0) is 9.42. The third-order valence-electron chi connectivity index (χ3n) is 1.99. The van der Waals surface area contributed by atoms with Crippen molar-refractivity contribution < 1.29 is 5.11 Å². The van der Waals surface area contributed by atoms with Crippen molar-refractivity contribution in [3.8, 4) is 5.75 Å². The average Bonchev–Trinajstić information content (AvgIpc) is 2.15. The first-order chi connectivity index (χ1) is 6.20. The molecular formula is C10H8ClNO. The SMILES string of the molecule is Nc1cc2ccccc2c(O)c1Cl. The van der Waals surface area contributed by atoms with Crippen LogP contribution >= 0.6 is 11.6 Å². The molecular weight excluding hydrogens is 186 g/mol. The van der Waals surface area contributed by atoms with E-state index in [1.807, 2.05) is 18.2 Å². The molecule has 0 aliphatic heterocycles. The molecule has 2 nitrogen and oxygen atoms in total. The van der Waals surface area contributed by atoms with Crippen molar-refractivity contribution in [1.82, 2.24) is 0 Å². The Morgan fingerprint density at radius 1 is 1.23 bits per heavy atom. The van der Waals surface area contributed by atoms with Crippen LogP contribution < -0.4 is 5.73 Å². The normalized spacial score (nSPS) is 10.5. The van der Waals surface area contributed by atoms with Crippen LogP contribution in [0.2, 0.25) is 5.02 Å². The highest BCUT2D eigenvalue weighted by atomic mass is 35.5. The van der Waals surface area contributed by atoms with Crippen molar-refractivity contribution in [1.29, 1.82) is 0 Å². The summed E-state index contributed by atoms with van der Waals surface area (Å²) in [6.07, 6.45) is 0. The number of rotatable bonds is 0. The molecule has 0 unspecified atom stereocenters. The van der Waals surface area contributed by atoms with Crippen molar-refractivity contribution in [3.05, 3.63) is 35.4 Å². The van der Waals surface area contributed by atoms with Gasteiger partial charge in [-0.25, -0.2) is 0 Å². The van der Waals surface area contributed by atoms with E-state index in [0.717, 1.165) is 10.8 Å². The first kappa shape index (κ1) is 8.20. The molecule has 0 fully saturated rings. The van der Waals surface area contributed by atoms with Gasteiger partial charge >= 0.3 is 0 Å². The van der Waals surface area contributed by atoms with E-state index in [1.54, 1.807) is 12.1 Å². The first-order valence-corrected chi connectivity index (χ1v) is 4.23. The number of aromatic hydroxyl groups is 1. The highest BCUT2D eigenvalue weighted by Gasteiger charge is 2.07. The van der Waals surface area contributed by atoms with Crippen LogP contribution in [-0.2, 0) is 0 Å². The monoisotopic (exact) mass is 193 g/mol. The van der Waals surface area contributed by atoms with Gasteiger partial charge in [-0.15, -0.1) is 0 Å². The molecule has 0 spiro atoms. The van der Waals surface area contributed by atoms with Crippen LogP contribution in [0.15, 0.2) is 30.3 Å². The summed E-state index contributed by atoms with van der Waals surface area (Å²) >= 11 is 5.78. The molecule has 2 aromatic rings. The average molecular weight is 194 g/mol. The van der Waals surface area contributed by atoms with Gasteiger partial charge in [-0.3, -0.25) is 0 Å². The standard InChI is InChI=1S/C10H8ClNO/c11-9-8(12)5-6-3-1-2-4-7(6)10(9)13/h1-5,13H,12H2. The van der Waals surface area contributed by atoms with E-state index in [4.69, 9.17) is 17.3 Å². The number of phenolic OH excluding ortho intramolecular Hbond substituents is 1. The first-order valence-electron chi connectivity index (χ1n) is 3.86. The van der Waals surface area contributed by atoms with Gasteiger partial charge in [0, 0.05) is 5.39 Å². The number of halogens is 1. The van der Waals surface area contributed by atoms with Crippen LogP contribution in [0, 0.1) is 0 Å². The number of fused-ring (bicyclic) bond motifs is 1. The number of nitrogen functional groups attached to an aromatic ring is 1. The molecule has 0 heterocycles. The largest absolute Gasteiger partial charge is 0.506 e. The van der Waals surface area contributed by atoms with E-state index in [0.29, 0.717) is 5.69 Å². The lowest BCUT2D eigenvalue weighted by molar-refractivity contribution is 0.482. The molecule has 0 saturated heterocycles. The van der Waals surface area contributed by atoms with Crippen LogP contribution in [0.1, 0.15) is 0 Å². The molecule has 13 heavy (non-hydrogen) atoms. The topological polar surface area (TPSA) is 46.2 Å². The van der Waals surface area contributed by atoms with Gasteiger partial charge in [0.25, 0.3) is 0 Å². The smallest absolute Gasteiger partial charge is 0.144 e. The van der Waals surface area contributed by atoms with Crippen LogP contribution in [0.25, 0.3) is 10.8 Å². The predicted octanol–water partition coefficient (Wildman–Crippen LogP) is 2.78. The number of benzene rings is 2. The zero-order valence-electron chi connectivity index (χ0n) is 6.79. The summed E-state index contributed by atoms with van der Waals surface area (Å²) in [5.41, 5.74) is 6.00. The lowest BCUT2D eigenvalue weighted by Crippen LogP contribution is -1.87. The highest BCUT2D eigenvalue weighted by molar-refractivity contribution is 6.35. The van der Waals surface area contributed by atoms with Crippen molar-refractivity contribution in [2.24, 2.45) is 0 Å². The fourth-order valence-corrected chi connectivity index (χ4v) is 1.48. The Labute approximate surface area is 80.6 Å². The second kappa shape index (κ2) is 2.82. The quantitative estimate of drug-likeness (QED) is 0.632. The molecule has 0 bridgehead atoms. The summed E-state index contributed by atoms with van der Waals surface area (Å²) in [5.74, 6) is 0.0530. The molecule has 0 saturated carbocycles. The maximum absolute atomic E-state index is 9.63. The lowest BCUT2D eigenvalue weighted by Gasteiger charge is -2.05. The molecule has 0 radical (unpaired) electrons. The van der Waals surface area contributed by atoms with Crippen LogP contribution in [0.3, 0.4) is 0 Å². The summed E-state index contributed by atoms with van der Waals surface area (Å²) < 4.78 is 0. The Kier molecular flexibility index (Phi) is 1.78. The van der Waals surface area contributed by atoms with Crippen molar-refractivity contribution in [2.75, 3.05) is 5.73 Å². The Hall–Kier alpha value is -1.41. The summed E-state index contributed by atoms with van der Waals surface area (Å²) in [6.45, 7) is 0. The third kappa shape index (κ3) is 1.19. The Bertz CT molecular complexity index is 468. The molecule has 0 aromatic heterocycles. The highest BCUT2D eigenvalue weighted by Crippen LogP contribution is 2.36. The van der Waals surface area contributed by atoms with Gasteiger partial charge in [0.1, 0.15) is 10.8 Å². The van der Waals surface area contributed by atoms with Gasteiger partial charge in [-0.1, -0.05) is 35.9 Å². The molecule has 3 N–H and O–H groups in total. The van der Waals surface area contributed by atoms with E-state index >= 15 is 0 Å². The van der Waals surface area contributed by atoms with Gasteiger partial charge in [-0.2, -0.15) is 0 Å². The van der Waals surface area contributed by atoms with Gasteiger partial charge in [0.05, 0.1) is 5.69 Å². The van der Waals surface area contributed by atoms with E-state index in [9.17, 15) is 5.11 Å². The molecule has 0 atom stereocenters. The molecule has 66 valence electrons. The Morgan fingerprint density at radius 3 is 2.69 bits per heavy atom. The molecule has 0 amide bonds. The molecule has 0 aliphatic rings.